The van der Waals surface area contributed by atoms with Gasteiger partial charge in [-0.2, -0.15) is 0 Å². The quantitative estimate of drug-likeness (QED) is 0.833. The van der Waals surface area contributed by atoms with Gasteiger partial charge in [-0.3, -0.25) is 9.59 Å². The number of likely N-dealkylation sites (tertiary alicyclic amines) is 1. The molecule has 4 heteroatoms. The summed E-state index contributed by atoms with van der Waals surface area (Å²) < 4.78 is 0. The van der Waals surface area contributed by atoms with Crippen LogP contribution in [0, 0.1) is 0 Å². The number of anilines is 1. The second-order valence-electron chi connectivity index (χ2n) is 6.82. The normalized spacial score (nSPS) is 15.3. The Bertz CT molecular complexity index is 758. The summed E-state index contributed by atoms with van der Waals surface area (Å²) in [6.45, 7) is 0.831. The van der Waals surface area contributed by atoms with E-state index in [1.54, 1.807) is 16.8 Å². The average molecular weight is 350 g/mol. The molecule has 3 rings (SSSR count). The fourth-order valence-corrected chi connectivity index (χ4v) is 3.41. The molecule has 0 bridgehead atoms. The van der Waals surface area contributed by atoms with Crippen molar-refractivity contribution in [1.29, 1.82) is 0 Å². The molecule has 0 unspecified atom stereocenters. The molecule has 4 nitrogen and oxygen atoms in total. The molecule has 0 N–H and O–H groups in total. The predicted octanol–water partition coefficient (Wildman–Crippen LogP) is 4.11. The Morgan fingerprint density at radius 1 is 0.962 bits per heavy atom. The molecule has 2 aromatic rings. The maximum absolute atomic E-state index is 12.9. The lowest BCUT2D eigenvalue weighted by molar-refractivity contribution is -0.135. The van der Waals surface area contributed by atoms with Crippen molar-refractivity contribution in [3.8, 4) is 11.1 Å². The number of nitrogens with zero attached hydrogens (tertiary/aromatic N) is 2. The first kappa shape index (κ1) is 18.2. The van der Waals surface area contributed by atoms with Crippen molar-refractivity contribution in [2.24, 2.45) is 0 Å². The number of likely N-dealkylation sites (N-methyl/N-ethyl adjacent to an activating group) is 1. The second kappa shape index (κ2) is 8.65. The van der Waals surface area contributed by atoms with Crippen LogP contribution in [0.25, 0.3) is 11.1 Å². The lowest BCUT2D eigenvalue weighted by atomic mass is 10.0. The Balaban J connectivity index is 1.77. The maximum atomic E-state index is 12.9. The van der Waals surface area contributed by atoms with Crippen LogP contribution in [0.4, 0.5) is 5.69 Å². The van der Waals surface area contributed by atoms with Crippen molar-refractivity contribution in [2.45, 2.75) is 32.1 Å². The fourth-order valence-electron chi connectivity index (χ4n) is 3.41. The van der Waals surface area contributed by atoms with Crippen molar-refractivity contribution in [1.82, 2.24) is 4.90 Å². The van der Waals surface area contributed by atoms with Crippen molar-refractivity contribution in [3.63, 3.8) is 0 Å². The number of para-hydroxylation sites is 1. The number of benzene rings is 2. The third-order valence-corrected chi connectivity index (χ3v) is 4.97. The average Bonchev–Trinajstić information content (AvgIpc) is 2.67. The van der Waals surface area contributed by atoms with Gasteiger partial charge in [0.1, 0.15) is 6.54 Å². The van der Waals surface area contributed by atoms with Crippen LogP contribution < -0.4 is 4.90 Å². The first-order valence-electron chi connectivity index (χ1n) is 9.35. The summed E-state index contributed by atoms with van der Waals surface area (Å²) in [7, 11) is 1.79. The van der Waals surface area contributed by atoms with Crippen LogP contribution in [-0.2, 0) is 9.59 Å². The zero-order valence-electron chi connectivity index (χ0n) is 15.4. The minimum Gasteiger partial charge on any atom is -0.333 e. The van der Waals surface area contributed by atoms with E-state index in [4.69, 9.17) is 0 Å². The molecular weight excluding hydrogens is 324 g/mol. The van der Waals surface area contributed by atoms with Gasteiger partial charge in [0.15, 0.2) is 0 Å². The molecular formula is C22H26N2O2. The van der Waals surface area contributed by atoms with E-state index in [-0.39, 0.29) is 18.4 Å². The highest BCUT2D eigenvalue weighted by Gasteiger charge is 2.22. The molecule has 1 aliphatic heterocycles. The van der Waals surface area contributed by atoms with Crippen molar-refractivity contribution >= 4 is 17.5 Å². The molecule has 1 aliphatic rings. The number of hydrogen-bond donors (Lipinski definition) is 0. The molecule has 0 saturated carbocycles. The first-order valence-corrected chi connectivity index (χ1v) is 9.35. The van der Waals surface area contributed by atoms with E-state index in [0.29, 0.717) is 13.0 Å². The van der Waals surface area contributed by atoms with Crippen molar-refractivity contribution in [2.75, 3.05) is 25.0 Å². The van der Waals surface area contributed by atoms with Gasteiger partial charge >= 0.3 is 0 Å². The highest BCUT2D eigenvalue weighted by atomic mass is 16.2. The maximum Gasteiger partial charge on any atom is 0.246 e. The number of rotatable bonds is 4. The lowest BCUT2D eigenvalue weighted by Gasteiger charge is -2.27. The topological polar surface area (TPSA) is 40.6 Å². The van der Waals surface area contributed by atoms with Gasteiger partial charge in [0.2, 0.25) is 11.8 Å². The number of carbonyl (C=O) groups excluding carboxylic acids is 2. The molecule has 1 saturated heterocycles. The van der Waals surface area contributed by atoms with Gasteiger partial charge in [-0.15, -0.1) is 0 Å². The molecule has 2 amide bonds. The molecule has 1 fully saturated rings. The van der Waals surface area contributed by atoms with Crippen LogP contribution in [-0.4, -0.2) is 36.9 Å². The van der Waals surface area contributed by atoms with Gasteiger partial charge in [0.25, 0.3) is 0 Å². The van der Waals surface area contributed by atoms with Gasteiger partial charge < -0.3 is 9.80 Å². The summed E-state index contributed by atoms with van der Waals surface area (Å²) in [6, 6.07) is 17.9. The summed E-state index contributed by atoms with van der Waals surface area (Å²) in [6.07, 6.45) is 4.69. The molecule has 136 valence electrons. The zero-order valence-corrected chi connectivity index (χ0v) is 15.4. The molecule has 0 atom stereocenters. The Labute approximate surface area is 155 Å². The van der Waals surface area contributed by atoms with Gasteiger partial charge in [0, 0.05) is 25.6 Å². The second-order valence-corrected chi connectivity index (χ2v) is 6.82. The predicted molar refractivity (Wildman–Crippen MR) is 105 cm³/mol. The van der Waals surface area contributed by atoms with E-state index in [9.17, 15) is 9.59 Å². The minimum absolute atomic E-state index is 0.0534. The van der Waals surface area contributed by atoms with Gasteiger partial charge in [-0.25, -0.2) is 0 Å². The SMILES string of the molecule is CN(C(=O)CN1CCCCCCC1=O)c1ccccc1-c1ccccc1. The van der Waals surface area contributed by atoms with E-state index >= 15 is 0 Å². The van der Waals surface area contributed by atoms with E-state index in [0.717, 1.165) is 42.5 Å². The molecule has 0 spiro atoms. The Morgan fingerprint density at radius 3 is 2.46 bits per heavy atom. The summed E-state index contributed by atoms with van der Waals surface area (Å²) in [5.74, 6) is 0.0464. The fraction of sp³-hybridized carbons (Fsp3) is 0.364. The van der Waals surface area contributed by atoms with Crippen LogP contribution in [0.1, 0.15) is 32.1 Å². The van der Waals surface area contributed by atoms with E-state index in [1.807, 2.05) is 54.6 Å². The van der Waals surface area contributed by atoms with Crippen molar-refractivity contribution < 1.29 is 9.59 Å². The first-order chi connectivity index (χ1) is 12.7. The minimum atomic E-state index is -0.0534. The standard InChI is InChI=1S/C22H26N2O2/c1-23(22(26)17-24-16-10-3-2-7-15-21(24)25)20-14-9-8-13-19(20)18-11-5-4-6-12-18/h4-6,8-9,11-14H,2-3,7,10,15-17H2,1H3. The Kier molecular flexibility index (Phi) is 6.05. The van der Waals surface area contributed by atoms with Crippen LogP contribution >= 0.6 is 0 Å². The smallest absolute Gasteiger partial charge is 0.246 e. The third-order valence-electron chi connectivity index (χ3n) is 4.97. The van der Waals surface area contributed by atoms with E-state index < -0.39 is 0 Å². The Hall–Kier alpha value is -2.62. The van der Waals surface area contributed by atoms with E-state index in [1.165, 1.54) is 0 Å². The van der Waals surface area contributed by atoms with Crippen molar-refractivity contribution in [3.05, 3.63) is 54.6 Å². The Morgan fingerprint density at radius 2 is 1.65 bits per heavy atom. The highest BCUT2D eigenvalue weighted by Crippen LogP contribution is 2.30. The molecule has 0 aliphatic carbocycles. The van der Waals surface area contributed by atoms with Crippen LogP contribution in [0.5, 0.6) is 0 Å². The summed E-state index contributed by atoms with van der Waals surface area (Å²) in [5.41, 5.74) is 2.95. The van der Waals surface area contributed by atoms with Gasteiger partial charge in [-0.1, -0.05) is 61.4 Å². The lowest BCUT2D eigenvalue weighted by Crippen LogP contribution is -2.42. The van der Waals surface area contributed by atoms with Crippen LogP contribution in [0.15, 0.2) is 54.6 Å². The number of amides is 2. The van der Waals surface area contributed by atoms with Crippen LogP contribution in [0.3, 0.4) is 0 Å². The molecule has 0 aromatic heterocycles. The third kappa shape index (κ3) is 4.31. The van der Waals surface area contributed by atoms with Gasteiger partial charge in [0.05, 0.1) is 5.69 Å². The summed E-state index contributed by atoms with van der Waals surface area (Å²) >= 11 is 0. The molecule has 2 aromatic carbocycles. The number of carbonyl (C=O) groups is 2. The monoisotopic (exact) mass is 350 g/mol. The van der Waals surface area contributed by atoms with Gasteiger partial charge in [-0.05, 0) is 24.5 Å². The molecule has 1 heterocycles. The van der Waals surface area contributed by atoms with Crippen LogP contribution in [0.2, 0.25) is 0 Å². The largest absolute Gasteiger partial charge is 0.333 e. The summed E-state index contributed by atoms with van der Waals surface area (Å²) in [4.78, 5) is 28.6. The summed E-state index contributed by atoms with van der Waals surface area (Å²) in [5, 5.41) is 0. The number of hydrogen-bond acceptors (Lipinski definition) is 2. The highest BCUT2D eigenvalue weighted by molar-refractivity contribution is 5.99. The zero-order chi connectivity index (χ0) is 18.4. The molecule has 26 heavy (non-hydrogen) atoms. The van der Waals surface area contributed by atoms with E-state index in [2.05, 4.69) is 0 Å². The molecule has 0 radical (unpaired) electrons.